The molecule has 0 amide bonds. The van der Waals surface area contributed by atoms with E-state index in [1.54, 1.807) is 4.68 Å². The quantitative estimate of drug-likeness (QED) is 0.690. The molecule has 6 nitrogen and oxygen atoms in total. The molecule has 7 heteroatoms. The van der Waals surface area contributed by atoms with Crippen molar-refractivity contribution in [3.05, 3.63) is 48.1 Å². The van der Waals surface area contributed by atoms with E-state index < -0.39 is 0 Å². The molecule has 19 heavy (non-hydrogen) atoms. The third kappa shape index (κ3) is 2.70. The van der Waals surface area contributed by atoms with Gasteiger partial charge < -0.3 is 4.42 Å². The summed E-state index contributed by atoms with van der Waals surface area (Å²) in [6.45, 7) is 0.417. The first-order valence-electron chi connectivity index (χ1n) is 5.68. The Kier molecular flexibility index (Phi) is 3.37. The lowest BCUT2D eigenvalue weighted by molar-refractivity contribution is 0.469. The van der Waals surface area contributed by atoms with Gasteiger partial charge in [0, 0.05) is 17.1 Å². The summed E-state index contributed by atoms with van der Waals surface area (Å²) in [6, 6.07) is 9.65. The number of halogens is 1. The number of benzene rings is 1. The Bertz CT molecular complexity index is 664. The average molecular weight is 320 g/mol. The Morgan fingerprint density at radius 1 is 1.11 bits per heavy atom. The van der Waals surface area contributed by atoms with Gasteiger partial charge in [0.1, 0.15) is 6.54 Å². The molecule has 0 saturated carbocycles. The van der Waals surface area contributed by atoms with Gasteiger partial charge in [0.05, 0.1) is 5.69 Å². The molecule has 0 atom stereocenters. The number of rotatable bonds is 4. The summed E-state index contributed by atoms with van der Waals surface area (Å²) in [5.41, 5.74) is 1.77. The minimum Gasteiger partial charge on any atom is -0.419 e. The molecule has 0 unspecified atom stereocenters. The van der Waals surface area contributed by atoms with Crippen LogP contribution in [-0.2, 0) is 11.9 Å². The summed E-state index contributed by atoms with van der Waals surface area (Å²) in [5, 5.41) is 16.6. The molecule has 2 heterocycles. The number of aromatic nitrogens is 5. The summed E-state index contributed by atoms with van der Waals surface area (Å²) in [7, 11) is 0. The van der Waals surface area contributed by atoms with Crippen LogP contribution in [0.5, 0.6) is 0 Å². The highest BCUT2D eigenvalue weighted by Crippen LogP contribution is 2.17. The highest BCUT2D eigenvalue weighted by atomic mass is 79.9. The van der Waals surface area contributed by atoms with E-state index in [0.717, 1.165) is 11.3 Å². The van der Waals surface area contributed by atoms with E-state index in [1.165, 1.54) is 0 Å². The van der Waals surface area contributed by atoms with Crippen molar-refractivity contribution in [3.8, 4) is 11.5 Å². The van der Waals surface area contributed by atoms with Gasteiger partial charge in [-0.3, -0.25) is 0 Å². The first kappa shape index (κ1) is 12.0. The molecule has 0 saturated heterocycles. The molecule has 2 aromatic heterocycles. The van der Waals surface area contributed by atoms with E-state index in [2.05, 4.69) is 36.4 Å². The van der Waals surface area contributed by atoms with E-state index in [9.17, 15) is 0 Å². The molecule has 0 aliphatic carbocycles. The van der Waals surface area contributed by atoms with Crippen LogP contribution in [0.1, 0.15) is 11.6 Å². The van der Waals surface area contributed by atoms with Crippen molar-refractivity contribution >= 4 is 15.9 Å². The van der Waals surface area contributed by atoms with Crippen LogP contribution in [0.25, 0.3) is 11.5 Å². The minimum absolute atomic E-state index is 0.417. The number of alkyl halides is 1. The summed E-state index contributed by atoms with van der Waals surface area (Å²) < 4.78 is 7.26. The van der Waals surface area contributed by atoms with Crippen molar-refractivity contribution < 1.29 is 4.42 Å². The molecule has 96 valence electrons. The monoisotopic (exact) mass is 319 g/mol. The van der Waals surface area contributed by atoms with Gasteiger partial charge in [-0.05, 0) is 12.1 Å². The molecule has 0 bridgehead atoms. The van der Waals surface area contributed by atoms with Gasteiger partial charge in [-0.15, -0.1) is 15.3 Å². The maximum absolute atomic E-state index is 5.59. The highest BCUT2D eigenvalue weighted by molar-refractivity contribution is 9.08. The predicted molar refractivity (Wildman–Crippen MR) is 71.5 cm³/mol. The third-order valence-electron chi connectivity index (χ3n) is 2.51. The van der Waals surface area contributed by atoms with Crippen molar-refractivity contribution in [2.24, 2.45) is 0 Å². The lowest BCUT2D eigenvalue weighted by Crippen LogP contribution is -2.00. The molecule has 3 rings (SSSR count). The number of nitrogens with zero attached hydrogens (tertiary/aromatic N) is 5. The maximum Gasteiger partial charge on any atom is 0.247 e. The molecular weight excluding hydrogens is 310 g/mol. The highest BCUT2D eigenvalue weighted by Gasteiger charge is 2.09. The first-order valence-corrected chi connectivity index (χ1v) is 6.80. The van der Waals surface area contributed by atoms with Crippen LogP contribution in [0, 0.1) is 0 Å². The van der Waals surface area contributed by atoms with Crippen LogP contribution in [0.15, 0.2) is 40.9 Å². The fourth-order valence-corrected chi connectivity index (χ4v) is 1.89. The van der Waals surface area contributed by atoms with E-state index in [-0.39, 0.29) is 0 Å². The van der Waals surface area contributed by atoms with Crippen LogP contribution in [0.4, 0.5) is 0 Å². The topological polar surface area (TPSA) is 69.6 Å². The van der Waals surface area contributed by atoms with Gasteiger partial charge in [0.15, 0.2) is 0 Å². The normalized spacial score (nSPS) is 10.8. The fraction of sp³-hybridized carbons (Fsp3) is 0.167. The van der Waals surface area contributed by atoms with Crippen molar-refractivity contribution in [1.82, 2.24) is 25.2 Å². The average Bonchev–Trinajstić information content (AvgIpc) is 3.09. The molecule has 1 aromatic carbocycles. The Balaban J connectivity index is 1.78. The van der Waals surface area contributed by atoms with Gasteiger partial charge >= 0.3 is 0 Å². The summed E-state index contributed by atoms with van der Waals surface area (Å²) in [5.74, 6) is 1.02. The van der Waals surface area contributed by atoms with Gasteiger partial charge in [-0.25, -0.2) is 4.68 Å². The predicted octanol–water partition coefficient (Wildman–Crippen LogP) is 2.27. The van der Waals surface area contributed by atoms with Gasteiger partial charge in [0.2, 0.25) is 11.8 Å². The van der Waals surface area contributed by atoms with Crippen LogP contribution >= 0.6 is 15.9 Å². The van der Waals surface area contributed by atoms with E-state index in [0.29, 0.717) is 23.7 Å². The minimum atomic E-state index is 0.417. The van der Waals surface area contributed by atoms with E-state index >= 15 is 0 Å². The number of hydrogen-bond donors (Lipinski definition) is 0. The van der Waals surface area contributed by atoms with Gasteiger partial charge in [-0.1, -0.05) is 39.3 Å². The molecule has 0 spiro atoms. The van der Waals surface area contributed by atoms with Crippen LogP contribution < -0.4 is 0 Å². The summed E-state index contributed by atoms with van der Waals surface area (Å²) in [4.78, 5) is 0. The van der Waals surface area contributed by atoms with Crippen LogP contribution in [0.2, 0.25) is 0 Å². The van der Waals surface area contributed by atoms with Crippen LogP contribution in [0.3, 0.4) is 0 Å². The van der Waals surface area contributed by atoms with Gasteiger partial charge in [-0.2, -0.15) is 0 Å². The molecular formula is C12H10BrN5O. The van der Waals surface area contributed by atoms with E-state index in [1.807, 2.05) is 36.5 Å². The zero-order valence-corrected chi connectivity index (χ0v) is 11.5. The SMILES string of the molecule is BrCc1cn(Cc2nnc(-c3ccccc3)o2)nn1. The second-order valence-corrected chi connectivity index (χ2v) is 4.47. The smallest absolute Gasteiger partial charge is 0.247 e. The van der Waals surface area contributed by atoms with E-state index in [4.69, 9.17) is 4.42 Å². The Hall–Kier alpha value is -2.02. The molecule has 3 aromatic rings. The zero-order chi connectivity index (χ0) is 13.1. The second-order valence-electron chi connectivity index (χ2n) is 3.91. The molecule has 0 N–H and O–H groups in total. The van der Waals surface area contributed by atoms with Crippen molar-refractivity contribution in [2.45, 2.75) is 11.9 Å². The second kappa shape index (κ2) is 5.31. The Morgan fingerprint density at radius 2 is 1.95 bits per heavy atom. The lowest BCUT2D eigenvalue weighted by Gasteiger charge is -1.94. The third-order valence-corrected chi connectivity index (χ3v) is 3.08. The lowest BCUT2D eigenvalue weighted by atomic mass is 10.2. The largest absolute Gasteiger partial charge is 0.419 e. The molecule has 0 fully saturated rings. The number of hydrogen-bond acceptors (Lipinski definition) is 5. The van der Waals surface area contributed by atoms with Crippen LogP contribution in [-0.4, -0.2) is 25.2 Å². The molecule has 0 aliphatic rings. The first-order chi connectivity index (χ1) is 9.35. The Morgan fingerprint density at radius 3 is 2.68 bits per heavy atom. The molecule has 0 radical (unpaired) electrons. The summed E-state index contributed by atoms with van der Waals surface area (Å²) in [6.07, 6.45) is 1.83. The standard InChI is InChI=1S/C12H10BrN5O/c13-6-10-7-18(17-14-10)8-11-15-16-12(19-11)9-4-2-1-3-5-9/h1-5,7H,6,8H2. The fourth-order valence-electron chi connectivity index (χ4n) is 1.63. The van der Waals surface area contributed by atoms with Gasteiger partial charge in [0.25, 0.3) is 0 Å². The zero-order valence-electron chi connectivity index (χ0n) is 9.90. The maximum atomic E-state index is 5.59. The van der Waals surface area contributed by atoms with Crippen molar-refractivity contribution in [3.63, 3.8) is 0 Å². The Labute approximate surface area is 117 Å². The van der Waals surface area contributed by atoms with Crippen molar-refractivity contribution in [1.29, 1.82) is 0 Å². The van der Waals surface area contributed by atoms with Crippen molar-refractivity contribution in [2.75, 3.05) is 0 Å². The summed E-state index contributed by atoms with van der Waals surface area (Å²) >= 11 is 3.32. The molecule has 0 aliphatic heterocycles.